The van der Waals surface area contributed by atoms with Crippen molar-refractivity contribution in [2.45, 2.75) is 20.8 Å². The van der Waals surface area contributed by atoms with Gasteiger partial charge >= 0.3 is 0 Å². The number of hydrogen-bond acceptors (Lipinski definition) is 0. The molecule has 1 aromatic carbocycles. The zero-order valence-corrected chi connectivity index (χ0v) is 12.9. The summed E-state index contributed by atoms with van der Waals surface area (Å²) in [4.78, 5) is 0. The van der Waals surface area contributed by atoms with Crippen LogP contribution in [0, 0.1) is 40.0 Å². The molecular weight excluding hydrogens is 363 g/mol. The average molecular weight is 380 g/mol. The van der Waals surface area contributed by atoms with E-state index in [0.717, 1.165) is 0 Å². The van der Waals surface area contributed by atoms with Crippen LogP contribution >= 0.6 is 0 Å². The van der Waals surface area contributed by atoms with E-state index in [1.807, 2.05) is 0 Å². The second kappa shape index (κ2) is 9.10. The van der Waals surface area contributed by atoms with Gasteiger partial charge in [0, 0.05) is 34.8 Å². The Bertz CT molecular complexity index is 236. The normalized spacial score (nSPS) is 7.57. The van der Waals surface area contributed by atoms with Crippen LogP contribution in [0.2, 0.25) is 0 Å². The van der Waals surface area contributed by atoms with Crippen molar-refractivity contribution >= 4 is 27.3 Å². The monoisotopic (exact) mass is 381 g/mol. The molecule has 0 amide bonds. The minimum Gasteiger partial charge on any atom is -0.187 e. The topological polar surface area (TPSA) is 0 Å². The molecule has 0 aliphatic heterocycles. The van der Waals surface area contributed by atoms with Crippen LogP contribution in [0.4, 0.5) is 0 Å². The third-order valence-electron chi connectivity index (χ3n) is 1.39. The van der Waals surface area contributed by atoms with Crippen molar-refractivity contribution in [3.8, 4) is 0 Å². The Kier molecular flexibility index (Phi) is 10.4. The Morgan fingerprint density at radius 3 is 1.86 bits per heavy atom. The minimum absolute atomic E-state index is 0. The molecule has 0 atom stereocenters. The van der Waals surface area contributed by atoms with Gasteiger partial charge in [-0.05, 0) is 38.0 Å². The molecule has 73 valence electrons. The predicted molar refractivity (Wildman–Crippen MR) is 65.1 cm³/mol. The van der Waals surface area contributed by atoms with Gasteiger partial charge in [0.25, 0.3) is 0 Å². The summed E-state index contributed by atoms with van der Waals surface area (Å²) < 4.78 is 0. The van der Waals surface area contributed by atoms with Gasteiger partial charge in [-0.2, -0.15) is 6.58 Å². The summed E-state index contributed by atoms with van der Waals surface area (Å²) in [6.45, 7) is 15.7. The molecule has 5 radical (unpaired) electrons. The van der Waals surface area contributed by atoms with Crippen molar-refractivity contribution in [3.05, 3.63) is 60.2 Å². The Hall–Kier alpha value is -0.468. The summed E-state index contributed by atoms with van der Waals surface area (Å²) in [5.74, 6) is 0. The molecule has 0 aromatic heterocycles. The second-order valence-electron chi connectivity index (χ2n) is 2.91. The van der Waals surface area contributed by atoms with Gasteiger partial charge in [0.2, 0.25) is 0 Å². The van der Waals surface area contributed by atoms with Crippen molar-refractivity contribution in [1.29, 1.82) is 0 Å². The van der Waals surface area contributed by atoms with E-state index < -0.39 is 0 Å². The van der Waals surface area contributed by atoms with E-state index in [9.17, 15) is 0 Å². The molecule has 0 N–H and O–H groups in total. The molecular formula is C13H17Pb. The zero-order chi connectivity index (χ0) is 10.3. The molecule has 1 heteroatoms. The molecule has 0 aliphatic rings. The molecule has 0 aliphatic carbocycles. The van der Waals surface area contributed by atoms with E-state index in [-0.39, 0.29) is 28.7 Å². The Balaban J connectivity index is -0.000000213. The largest absolute Gasteiger partial charge is 0.187 e. The maximum atomic E-state index is 4.72. The number of aryl methyl sites for hydroxylation is 3. The third-order valence-corrected chi connectivity index (χ3v) is 1.39. The van der Waals surface area contributed by atoms with Crippen molar-refractivity contribution in [2.75, 3.05) is 0 Å². The average Bonchev–Trinajstić information content (AvgIpc) is 2.02. The number of rotatable bonds is 1. The number of allylic oxidation sites excluding steroid dienone is 2. The fourth-order valence-electron chi connectivity index (χ4n) is 1.11. The minimum atomic E-state index is 0. The molecule has 0 spiro atoms. The van der Waals surface area contributed by atoms with Crippen LogP contribution in [0.1, 0.15) is 18.1 Å². The SMILES string of the molecule is Cc1[c]c(C)cc(C)c1.[CH+]=CC=[CH-].[HH].[Pb]. The molecule has 0 unspecified atom stereocenters. The van der Waals surface area contributed by atoms with Gasteiger partial charge in [-0.25, -0.2) is 0 Å². The van der Waals surface area contributed by atoms with E-state index >= 15 is 0 Å². The van der Waals surface area contributed by atoms with E-state index in [1.54, 1.807) is 0 Å². The van der Waals surface area contributed by atoms with Crippen LogP contribution in [-0.2, 0) is 0 Å². The molecule has 1 aromatic rings. The van der Waals surface area contributed by atoms with E-state index in [2.05, 4.69) is 39.0 Å². The van der Waals surface area contributed by atoms with Crippen molar-refractivity contribution in [1.82, 2.24) is 0 Å². The summed E-state index contributed by atoms with van der Waals surface area (Å²) in [5.41, 5.74) is 3.78. The zero-order valence-electron chi connectivity index (χ0n) is 8.96. The maximum absolute atomic E-state index is 4.72. The first kappa shape index (κ1) is 16.0. The second-order valence-corrected chi connectivity index (χ2v) is 2.91. The molecule has 0 fully saturated rings. The first-order valence-electron chi connectivity index (χ1n) is 4.15. The quantitative estimate of drug-likeness (QED) is 0.399. The van der Waals surface area contributed by atoms with Crippen LogP contribution in [0.5, 0.6) is 0 Å². The molecule has 0 heterocycles. The van der Waals surface area contributed by atoms with E-state index in [1.165, 1.54) is 28.8 Å². The Morgan fingerprint density at radius 2 is 1.64 bits per heavy atom. The third kappa shape index (κ3) is 8.14. The van der Waals surface area contributed by atoms with Crippen LogP contribution in [0.3, 0.4) is 0 Å². The van der Waals surface area contributed by atoms with Gasteiger partial charge in [-0.1, -0.05) is 24.3 Å². The van der Waals surface area contributed by atoms with Gasteiger partial charge in [-0.15, -0.1) is 6.08 Å². The van der Waals surface area contributed by atoms with E-state index in [0.29, 0.717) is 0 Å². The smallest absolute Gasteiger partial charge is 0.00639 e. The van der Waals surface area contributed by atoms with E-state index in [4.69, 9.17) is 13.2 Å². The molecule has 14 heavy (non-hydrogen) atoms. The van der Waals surface area contributed by atoms with Gasteiger partial charge < -0.3 is 0 Å². The summed E-state index contributed by atoms with van der Waals surface area (Å²) in [6.07, 6.45) is 2.56. The molecule has 0 saturated carbocycles. The van der Waals surface area contributed by atoms with Gasteiger partial charge in [0.1, 0.15) is 0 Å². The van der Waals surface area contributed by atoms with Crippen molar-refractivity contribution in [2.24, 2.45) is 0 Å². The van der Waals surface area contributed by atoms with Crippen LogP contribution in [-0.4, -0.2) is 27.3 Å². The van der Waals surface area contributed by atoms with Gasteiger partial charge in [-0.3, -0.25) is 0 Å². The number of hydrogen-bond donors (Lipinski definition) is 0. The summed E-state index contributed by atoms with van der Waals surface area (Å²) in [7, 11) is 0. The first-order chi connectivity index (χ1) is 6.10. The molecule has 0 saturated heterocycles. The van der Waals surface area contributed by atoms with Crippen molar-refractivity contribution in [3.63, 3.8) is 0 Å². The molecule has 1 rings (SSSR count). The van der Waals surface area contributed by atoms with Gasteiger partial charge in [0.15, 0.2) is 0 Å². The Morgan fingerprint density at radius 1 is 1.29 bits per heavy atom. The number of benzene rings is 1. The fraction of sp³-hybridized carbons (Fsp3) is 0.231. The van der Waals surface area contributed by atoms with Crippen molar-refractivity contribution < 1.29 is 1.43 Å². The predicted octanol–water partition coefficient (Wildman–Crippen LogP) is 3.24. The Labute approximate surface area is 109 Å². The molecule has 0 bridgehead atoms. The first-order valence-corrected chi connectivity index (χ1v) is 4.15. The summed E-state index contributed by atoms with van der Waals surface area (Å²) in [6, 6.07) is 7.47. The fourth-order valence-corrected chi connectivity index (χ4v) is 1.11. The summed E-state index contributed by atoms with van der Waals surface area (Å²) >= 11 is 0. The summed E-state index contributed by atoms with van der Waals surface area (Å²) in [5, 5.41) is 0. The van der Waals surface area contributed by atoms with Crippen LogP contribution in [0.15, 0.2) is 24.3 Å². The van der Waals surface area contributed by atoms with Crippen LogP contribution < -0.4 is 0 Å². The van der Waals surface area contributed by atoms with Crippen LogP contribution in [0.25, 0.3) is 0 Å². The molecule has 0 nitrogen and oxygen atoms in total. The standard InChI is InChI=1S/C9H11.C4H4.Pb.H2/c1-7-4-8(2)6-9(3)5-7;1-3-4-2;;/h4-5H,1-3H3;1-4H;;1H. The maximum Gasteiger partial charge on any atom is 0.00639 e. The van der Waals surface area contributed by atoms with Gasteiger partial charge in [0.05, 0.1) is 0 Å².